The lowest BCUT2D eigenvalue weighted by atomic mass is 10.2. The molecule has 1 saturated heterocycles. The van der Waals surface area contributed by atoms with Gasteiger partial charge in [0.1, 0.15) is 12.4 Å². The van der Waals surface area contributed by atoms with E-state index in [9.17, 15) is 0 Å². The number of nitrogens with zero attached hydrogens (tertiary/aromatic N) is 2. The van der Waals surface area contributed by atoms with Crippen LogP contribution in [-0.4, -0.2) is 77.1 Å². The van der Waals surface area contributed by atoms with Gasteiger partial charge in [-0.1, -0.05) is 18.2 Å². The minimum Gasteiger partial charge on any atom is -0.492 e. The minimum atomic E-state index is 0.673. The van der Waals surface area contributed by atoms with Gasteiger partial charge in [-0.2, -0.15) is 0 Å². The van der Waals surface area contributed by atoms with Gasteiger partial charge in [-0.25, -0.2) is 0 Å². The van der Waals surface area contributed by atoms with Crippen molar-refractivity contribution in [1.29, 1.82) is 0 Å². The van der Waals surface area contributed by atoms with Crippen LogP contribution in [0.15, 0.2) is 29.3 Å². The third-order valence-electron chi connectivity index (χ3n) is 4.62. The maximum Gasteiger partial charge on any atom is 0.191 e. The van der Waals surface area contributed by atoms with Crippen LogP contribution in [0.5, 0.6) is 5.75 Å². The number of benzene rings is 1. The van der Waals surface area contributed by atoms with E-state index in [-0.39, 0.29) is 0 Å². The summed E-state index contributed by atoms with van der Waals surface area (Å²) >= 11 is 0. The highest BCUT2D eigenvalue weighted by molar-refractivity contribution is 5.79. The molecule has 0 atom stereocenters. The van der Waals surface area contributed by atoms with Crippen LogP contribution in [0.3, 0.4) is 0 Å². The van der Waals surface area contributed by atoms with Crippen molar-refractivity contribution in [2.45, 2.75) is 26.3 Å². The first-order valence-corrected chi connectivity index (χ1v) is 10.4. The molecule has 1 aromatic rings. The van der Waals surface area contributed by atoms with E-state index in [1.165, 1.54) is 0 Å². The molecule has 1 fully saturated rings. The summed E-state index contributed by atoms with van der Waals surface area (Å²) < 4.78 is 16.8. The lowest BCUT2D eigenvalue weighted by molar-refractivity contribution is 0.0322. The van der Waals surface area contributed by atoms with Crippen LogP contribution in [0.25, 0.3) is 0 Å². The first kappa shape index (κ1) is 22.5. The Morgan fingerprint density at radius 3 is 2.75 bits per heavy atom. The van der Waals surface area contributed by atoms with Gasteiger partial charge < -0.3 is 24.8 Å². The number of nitrogens with one attached hydrogen (secondary N) is 2. The number of hydrogen-bond donors (Lipinski definition) is 2. The second kappa shape index (κ2) is 14.2. The number of unbranched alkanes of at least 4 members (excludes halogenated alkanes) is 1. The molecular weight excluding hydrogens is 356 g/mol. The van der Waals surface area contributed by atoms with E-state index >= 15 is 0 Å². The quantitative estimate of drug-likeness (QED) is 0.322. The lowest BCUT2D eigenvalue weighted by Crippen LogP contribution is -2.39. The van der Waals surface area contributed by atoms with E-state index in [0.29, 0.717) is 13.2 Å². The SMILES string of the molecule is CCOCCCCNC(=NC)NCc1ccccc1OCCN1CCOCC1. The maximum absolute atomic E-state index is 6.05. The average Bonchev–Trinajstić information content (AvgIpc) is 2.74. The predicted molar refractivity (Wildman–Crippen MR) is 113 cm³/mol. The molecule has 0 unspecified atom stereocenters. The molecule has 1 aromatic carbocycles. The Kier molecular flexibility index (Phi) is 11.4. The van der Waals surface area contributed by atoms with Gasteiger partial charge in [-0.15, -0.1) is 0 Å². The fourth-order valence-corrected chi connectivity index (χ4v) is 2.98. The summed E-state index contributed by atoms with van der Waals surface area (Å²) in [5.74, 6) is 1.73. The number of para-hydroxylation sites is 1. The molecule has 7 heteroatoms. The van der Waals surface area contributed by atoms with Gasteiger partial charge in [0.25, 0.3) is 0 Å². The second-order valence-corrected chi connectivity index (χ2v) is 6.67. The number of guanidine groups is 1. The Morgan fingerprint density at radius 2 is 1.96 bits per heavy atom. The van der Waals surface area contributed by atoms with Crippen LogP contribution in [0, 0.1) is 0 Å². The van der Waals surface area contributed by atoms with Gasteiger partial charge in [0.05, 0.1) is 13.2 Å². The van der Waals surface area contributed by atoms with Gasteiger partial charge in [0.2, 0.25) is 0 Å². The van der Waals surface area contributed by atoms with Gasteiger partial charge in [-0.05, 0) is 25.8 Å². The van der Waals surface area contributed by atoms with Crippen LogP contribution in [0.4, 0.5) is 0 Å². The highest BCUT2D eigenvalue weighted by atomic mass is 16.5. The number of ether oxygens (including phenoxy) is 3. The third-order valence-corrected chi connectivity index (χ3v) is 4.62. The molecule has 28 heavy (non-hydrogen) atoms. The molecule has 2 N–H and O–H groups in total. The highest BCUT2D eigenvalue weighted by Gasteiger charge is 2.10. The normalized spacial score (nSPS) is 15.4. The predicted octanol–water partition coefficient (Wildman–Crippen LogP) is 1.88. The Morgan fingerprint density at radius 1 is 1.14 bits per heavy atom. The molecule has 0 amide bonds. The standard InChI is InChI=1S/C21H36N4O3/c1-3-26-14-7-6-10-23-21(22-2)24-18-19-8-4-5-9-20(19)28-17-13-25-11-15-27-16-12-25/h4-5,8-9H,3,6-7,10-18H2,1-2H3,(H2,22,23,24). The molecule has 0 aliphatic carbocycles. The first-order valence-electron chi connectivity index (χ1n) is 10.4. The van der Waals surface area contributed by atoms with Crippen LogP contribution in [-0.2, 0) is 16.0 Å². The van der Waals surface area contributed by atoms with Gasteiger partial charge in [0, 0.05) is 58.5 Å². The molecule has 158 valence electrons. The zero-order valence-electron chi connectivity index (χ0n) is 17.4. The van der Waals surface area contributed by atoms with E-state index in [0.717, 1.165) is 82.7 Å². The molecule has 0 spiro atoms. The fourth-order valence-electron chi connectivity index (χ4n) is 2.98. The van der Waals surface area contributed by atoms with Gasteiger partial charge in [0.15, 0.2) is 5.96 Å². The first-order chi connectivity index (χ1) is 13.8. The summed E-state index contributed by atoms with van der Waals surface area (Å²) in [7, 11) is 1.79. The Balaban J connectivity index is 1.70. The number of morpholine rings is 1. The molecule has 0 radical (unpaired) electrons. The van der Waals surface area contributed by atoms with Crippen LogP contribution in [0.1, 0.15) is 25.3 Å². The van der Waals surface area contributed by atoms with Crippen molar-refractivity contribution < 1.29 is 14.2 Å². The number of aliphatic imine (C=N–C) groups is 1. The fraction of sp³-hybridized carbons (Fsp3) is 0.667. The summed E-state index contributed by atoms with van der Waals surface area (Å²) in [6.45, 7) is 10.4. The summed E-state index contributed by atoms with van der Waals surface area (Å²) in [5.41, 5.74) is 1.13. The van der Waals surface area contributed by atoms with E-state index in [2.05, 4.69) is 26.6 Å². The van der Waals surface area contributed by atoms with E-state index < -0.39 is 0 Å². The molecule has 0 bridgehead atoms. The Bertz CT molecular complexity index is 562. The largest absolute Gasteiger partial charge is 0.492 e. The third kappa shape index (κ3) is 8.91. The molecule has 0 saturated carbocycles. The van der Waals surface area contributed by atoms with E-state index in [1.807, 2.05) is 25.1 Å². The van der Waals surface area contributed by atoms with Crippen LogP contribution >= 0.6 is 0 Å². The molecule has 7 nitrogen and oxygen atoms in total. The number of hydrogen-bond acceptors (Lipinski definition) is 5. The lowest BCUT2D eigenvalue weighted by Gasteiger charge is -2.26. The van der Waals surface area contributed by atoms with Crippen molar-refractivity contribution in [1.82, 2.24) is 15.5 Å². The summed E-state index contributed by atoms with van der Waals surface area (Å²) in [6, 6.07) is 8.17. The monoisotopic (exact) mass is 392 g/mol. The van der Waals surface area contributed by atoms with Crippen LogP contribution < -0.4 is 15.4 Å². The van der Waals surface area contributed by atoms with Crippen molar-refractivity contribution in [2.24, 2.45) is 4.99 Å². The van der Waals surface area contributed by atoms with Crippen LogP contribution in [0.2, 0.25) is 0 Å². The van der Waals surface area contributed by atoms with Crippen molar-refractivity contribution in [3.05, 3.63) is 29.8 Å². The van der Waals surface area contributed by atoms with Crippen molar-refractivity contribution in [3.8, 4) is 5.75 Å². The maximum atomic E-state index is 6.05. The topological polar surface area (TPSA) is 67.3 Å². The minimum absolute atomic E-state index is 0.673. The summed E-state index contributed by atoms with van der Waals surface area (Å²) in [5, 5.41) is 6.71. The average molecular weight is 393 g/mol. The Labute approximate surface area is 169 Å². The zero-order valence-corrected chi connectivity index (χ0v) is 17.4. The number of rotatable bonds is 12. The molecule has 1 heterocycles. The van der Waals surface area contributed by atoms with Crippen molar-refractivity contribution >= 4 is 5.96 Å². The highest BCUT2D eigenvalue weighted by Crippen LogP contribution is 2.17. The van der Waals surface area contributed by atoms with E-state index in [4.69, 9.17) is 14.2 Å². The van der Waals surface area contributed by atoms with Gasteiger partial charge >= 0.3 is 0 Å². The second-order valence-electron chi connectivity index (χ2n) is 6.67. The molecule has 2 rings (SSSR count). The summed E-state index contributed by atoms with van der Waals surface area (Å²) in [4.78, 5) is 6.67. The molecule has 0 aromatic heterocycles. The Hall–Kier alpha value is -1.83. The van der Waals surface area contributed by atoms with Crippen molar-refractivity contribution in [3.63, 3.8) is 0 Å². The zero-order chi connectivity index (χ0) is 19.9. The smallest absolute Gasteiger partial charge is 0.191 e. The molecular formula is C21H36N4O3. The van der Waals surface area contributed by atoms with E-state index in [1.54, 1.807) is 7.05 Å². The van der Waals surface area contributed by atoms with Gasteiger partial charge in [-0.3, -0.25) is 9.89 Å². The van der Waals surface area contributed by atoms with Crippen molar-refractivity contribution in [2.75, 3.05) is 66.3 Å². The molecule has 1 aliphatic heterocycles. The molecule has 1 aliphatic rings. The summed E-state index contributed by atoms with van der Waals surface area (Å²) in [6.07, 6.45) is 2.11.